The van der Waals surface area contributed by atoms with Crippen LogP contribution in [0, 0.1) is 5.92 Å². The highest BCUT2D eigenvalue weighted by Gasteiger charge is 2.18. The van der Waals surface area contributed by atoms with Gasteiger partial charge in [-0.3, -0.25) is 4.79 Å². The number of rotatable bonds is 8. The first-order valence-electron chi connectivity index (χ1n) is 6.18. The lowest BCUT2D eigenvalue weighted by Gasteiger charge is -2.23. The summed E-state index contributed by atoms with van der Waals surface area (Å²) in [6.07, 6.45) is 0.511. The molecule has 2 atom stereocenters. The first-order valence-corrected chi connectivity index (χ1v) is 6.18. The largest absolute Gasteiger partial charge is 0.481 e. The summed E-state index contributed by atoms with van der Waals surface area (Å²) in [5, 5.41) is 14.1. The van der Waals surface area contributed by atoms with E-state index in [1.54, 1.807) is 7.11 Å². The Kier molecular flexibility index (Phi) is 8.11. The molecule has 0 saturated heterocycles. The van der Waals surface area contributed by atoms with Crippen molar-refractivity contribution < 1.29 is 19.4 Å². The SMILES string of the molecule is CCC(CC(=O)O)NC(=O)NC(COC)C(C)C. The van der Waals surface area contributed by atoms with Gasteiger partial charge in [-0.2, -0.15) is 0 Å². The number of carboxylic acids is 1. The van der Waals surface area contributed by atoms with Crippen molar-refractivity contribution in [2.75, 3.05) is 13.7 Å². The molecule has 6 heteroatoms. The van der Waals surface area contributed by atoms with E-state index in [4.69, 9.17) is 9.84 Å². The van der Waals surface area contributed by atoms with Crippen molar-refractivity contribution >= 4 is 12.0 Å². The molecule has 6 nitrogen and oxygen atoms in total. The highest BCUT2D eigenvalue weighted by atomic mass is 16.5. The number of carboxylic acid groups (broad SMARTS) is 1. The van der Waals surface area contributed by atoms with Crippen LogP contribution in [0.5, 0.6) is 0 Å². The van der Waals surface area contributed by atoms with E-state index in [0.717, 1.165) is 0 Å². The Labute approximate surface area is 108 Å². The van der Waals surface area contributed by atoms with E-state index in [0.29, 0.717) is 13.0 Å². The van der Waals surface area contributed by atoms with E-state index < -0.39 is 5.97 Å². The molecule has 0 saturated carbocycles. The number of nitrogens with one attached hydrogen (secondary N) is 2. The highest BCUT2D eigenvalue weighted by molar-refractivity contribution is 5.76. The molecule has 0 heterocycles. The number of aliphatic carboxylic acids is 1. The second-order valence-corrected chi connectivity index (χ2v) is 4.63. The average Bonchev–Trinajstić information content (AvgIpc) is 2.26. The second kappa shape index (κ2) is 8.74. The van der Waals surface area contributed by atoms with Crippen LogP contribution in [0.25, 0.3) is 0 Å². The van der Waals surface area contributed by atoms with Gasteiger partial charge in [0.05, 0.1) is 19.1 Å². The Bertz CT molecular complexity index is 269. The summed E-state index contributed by atoms with van der Waals surface area (Å²) in [6, 6.07) is -0.783. The fourth-order valence-corrected chi connectivity index (χ4v) is 1.48. The summed E-state index contributed by atoms with van der Waals surface area (Å²) >= 11 is 0. The molecule has 0 spiro atoms. The molecule has 0 rings (SSSR count). The van der Waals surface area contributed by atoms with Gasteiger partial charge in [-0.05, 0) is 12.3 Å². The fraction of sp³-hybridized carbons (Fsp3) is 0.833. The molecule has 0 aromatic heterocycles. The zero-order valence-electron chi connectivity index (χ0n) is 11.5. The Morgan fingerprint density at radius 1 is 1.28 bits per heavy atom. The summed E-state index contributed by atoms with van der Waals surface area (Å²) in [6.45, 7) is 6.24. The molecule has 18 heavy (non-hydrogen) atoms. The van der Waals surface area contributed by atoms with Gasteiger partial charge < -0.3 is 20.5 Å². The number of hydrogen-bond donors (Lipinski definition) is 3. The van der Waals surface area contributed by atoms with Crippen molar-refractivity contribution in [3.05, 3.63) is 0 Å². The molecule has 2 amide bonds. The Balaban J connectivity index is 4.24. The number of amides is 2. The minimum atomic E-state index is -0.917. The van der Waals surface area contributed by atoms with Gasteiger partial charge in [0.1, 0.15) is 0 Å². The zero-order valence-corrected chi connectivity index (χ0v) is 11.5. The van der Waals surface area contributed by atoms with Crippen LogP contribution in [0.1, 0.15) is 33.6 Å². The van der Waals surface area contributed by atoms with E-state index in [1.807, 2.05) is 20.8 Å². The van der Waals surface area contributed by atoms with Gasteiger partial charge in [-0.1, -0.05) is 20.8 Å². The molecule has 0 bridgehead atoms. The molecular weight excluding hydrogens is 236 g/mol. The lowest BCUT2D eigenvalue weighted by atomic mass is 10.1. The summed E-state index contributed by atoms with van der Waals surface area (Å²) in [7, 11) is 1.58. The molecule has 3 N–H and O–H groups in total. The van der Waals surface area contributed by atoms with Gasteiger partial charge in [0.2, 0.25) is 0 Å². The molecule has 106 valence electrons. The maximum absolute atomic E-state index is 11.7. The van der Waals surface area contributed by atoms with Gasteiger partial charge >= 0.3 is 12.0 Å². The molecule has 0 aliphatic rings. The molecule has 0 fully saturated rings. The van der Waals surface area contributed by atoms with E-state index in [-0.39, 0.29) is 30.5 Å². The lowest BCUT2D eigenvalue weighted by Crippen LogP contribution is -2.49. The summed E-state index contributed by atoms with van der Waals surface area (Å²) in [5.41, 5.74) is 0. The standard InChI is InChI=1S/C12H24N2O4/c1-5-9(6-11(15)16)13-12(17)14-10(7-18-4)8(2)3/h8-10H,5-7H2,1-4H3,(H,15,16)(H2,13,14,17). The van der Waals surface area contributed by atoms with Crippen molar-refractivity contribution in [1.82, 2.24) is 10.6 Å². The minimum Gasteiger partial charge on any atom is -0.481 e. The highest BCUT2D eigenvalue weighted by Crippen LogP contribution is 2.02. The third-order valence-corrected chi connectivity index (χ3v) is 2.72. The first-order chi connectivity index (χ1) is 8.40. The molecular formula is C12H24N2O4. The summed E-state index contributed by atoms with van der Waals surface area (Å²) < 4.78 is 5.03. The molecule has 0 aromatic carbocycles. The van der Waals surface area contributed by atoms with E-state index in [9.17, 15) is 9.59 Å². The van der Waals surface area contributed by atoms with Crippen LogP contribution in [0.15, 0.2) is 0 Å². The average molecular weight is 260 g/mol. The second-order valence-electron chi connectivity index (χ2n) is 4.63. The maximum atomic E-state index is 11.7. The predicted octanol–water partition coefficient (Wildman–Crippen LogP) is 1.21. The van der Waals surface area contributed by atoms with Gasteiger partial charge in [-0.25, -0.2) is 4.79 Å². The zero-order chi connectivity index (χ0) is 14.1. The number of urea groups is 1. The van der Waals surface area contributed by atoms with E-state index >= 15 is 0 Å². The summed E-state index contributed by atoms with van der Waals surface area (Å²) in [4.78, 5) is 22.3. The molecule has 0 aliphatic carbocycles. The third-order valence-electron chi connectivity index (χ3n) is 2.72. The third kappa shape index (κ3) is 7.11. The van der Waals surface area contributed by atoms with E-state index in [2.05, 4.69) is 10.6 Å². The van der Waals surface area contributed by atoms with Gasteiger partial charge in [-0.15, -0.1) is 0 Å². The Morgan fingerprint density at radius 2 is 1.89 bits per heavy atom. The van der Waals surface area contributed by atoms with Crippen LogP contribution in [0.4, 0.5) is 4.79 Å². The number of carbonyl (C=O) groups excluding carboxylic acids is 1. The quantitative estimate of drug-likeness (QED) is 0.612. The normalized spacial score (nSPS) is 14.1. The number of carbonyl (C=O) groups is 2. The number of hydrogen-bond acceptors (Lipinski definition) is 3. The van der Waals surface area contributed by atoms with Crippen LogP contribution in [0.3, 0.4) is 0 Å². The summed E-state index contributed by atoms with van der Waals surface area (Å²) in [5.74, 6) is -0.672. The molecule has 2 unspecified atom stereocenters. The van der Waals surface area contributed by atoms with Crippen LogP contribution in [-0.4, -0.2) is 42.9 Å². The molecule has 0 radical (unpaired) electrons. The van der Waals surface area contributed by atoms with Gasteiger partial charge in [0, 0.05) is 13.2 Å². The van der Waals surface area contributed by atoms with Crippen LogP contribution >= 0.6 is 0 Å². The van der Waals surface area contributed by atoms with Crippen molar-refractivity contribution in [2.24, 2.45) is 5.92 Å². The van der Waals surface area contributed by atoms with Crippen molar-refractivity contribution in [3.63, 3.8) is 0 Å². The molecule has 0 aliphatic heterocycles. The Hall–Kier alpha value is -1.30. The topological polar surface area (TPSA) is 87.7 Å². The van der Waals surface area contributed by atoms with Crippen molar-refractivity contribution in [3.8, 4) is 0 Å². The van der Waals surface area contributed by atoms with Crippen LogP contribution < -0.4 is 10.6 Å². The van der Waals surface area contributed by atoms with Crippen molar-refractivity contribution in [1.29, 1.82) is 0 Å². The number of ether oxygens (including phenoxy) is 1. The van der Waals surface area contributed by atoms with Gasteiger partial charge in [0.25, 0.3) is 0 Å². The van der Waals surface area contributed by atoms with Crippen LogP contribution in [0.2, 0.25) is 0 Å². The smallest absolute Gasteiger partial charge is 0.315 e. The minimum absolute atomic E-state index is 0.0689. The first kappa shape index (κ1) is 16.7. The van der Waals surface area contributed by atoms with Crippen molar-refractivity contribution in [2.45, 2.75) is 45.7 Å². The van der Waals surface area contributed by atoms with Gasteiger partial charge in [0.15, 0.2) is 0 Å². The fourth-order valence-electron chi connectivity index (χ4n) is 1.48. The maximum Gasteiger partial charge on any atom is 0.315 e. The lowest BCUT2D eigenvalue weighted by molar-refractivity contribution is -0.137. The predicted molar refractivity (Wildman–Crippen MR) is 68.5 cm³/mol. The molecule has 0 aromatic rings. The van der Waals surface area contributed by atoms with E-state index in [1.165, 1.54) is 0 Å². The van der Waals surface area contributed by atoms with Crippen LogP contribution in [-0.2, 0) is 9.53 Å². The Morgan fingerprint density at radius 3 is 2.28 bits per heavy atom. The monoisotopic (exact) mass is 260 g/mol. The number of methoxy groups -OCH3 is 1.